The first-order valence-electron chi connectivity index (χ1n) is 9.70. The molecule has 1 aliphatic carbocycles. The van der Waals surface area contributed by atoms with Gasteiger partial charge in [-0.2, -0.15) is 4.31 Å². The Kier molecular flexibility index (Phi) is 6.85. The van der Waals surface area contributed by atoms with Crippen LogP contribution in [0.4, 0.5) is 0 Å². The molecule has 3 rings (SSSR count). The lowest BCUT2D eigenvalue weighted by Crippen LogP contribution is -2.43. The average Bonchev–Trinajstić information content (AvgIpc) is 2.72. The summed E-state index contributed by atoms with van der Waals surface area (Å²) in [6.45, 7) is 1.51. The Labute approximate surface area is 162 Å². The van der Waals surface area contributed by atoms with Crippen LogP contribution in [0.2, 0.25) is 0 Å². The number of amides is 1. The Morgan fingerprint density at radius 3 is 2.52 bits per heavy atom. The maximum absolute atomic E-state index is 12.5. The van der Waals surface area contributed by atoms with Crippen molar-refractivity contribution in [2.24, 2.45) is 11.8 Å². The van der Waals surface area contributed by atoms with Gasteiger partial charge in [0.25, 0.3) is 0 Å². The molecule has 146 valence electrons. The zero-order chi connectivity index (χ0) is 19.1. The van der Waals surface area contributed by atoms with Gasteiger partial charge in [-0.1, -0.05) is 42.5 Å². The second-order valence-corrected chi connectivity index (χ2v) is 9.15. The summed E-state index contributed by atoms with van der Waals surface area (Å²) in [7, 11) is -3.45. The van der Waals surface area contributed by atoms with Crippen LogP contribution in [0.15, 0.2) is 47.9 Å². The van der Waals surface area contributed by atoms with Gasteiger partial charge < -0.3 is 5.32 Å². The second-order valence-electron chi connectivity index (χ2n) is 7.33. The summed E-state index contributed by atoms with van der Waals surface area (Å²) in [5.74, 6) is 0.512. The number of nitrogens with one attached hydrogen (secondary N) is 1. The zero-order valence-electron chi connectivity index (χ0n) is 15.6. The van der Waals surface area contributed by atoms with Crippen molar-refractivity contribution >= 4 is 22.0 Å². The molecule has 1 aromatic carbocycles. The molecule has 1 aliphatic heterocycles. The maximum Gasteiger partial charge on any atom is 0.236 e. The molecule has 1 saturated heterocycles. The number of rotatable bonds is 6. The van der Waals surface area contributed by atoms with Gasteiger partial charge in [0, 0.05) is 31.0 Å². The third kappa shape index (κ3) is 5.78. The van der Waals surface area contributed by atoms with Crippen molar-refractivity contribution in [3.8, 4) is 0 Å². The summed E-state index contributed by atoms with van der Waals surface area (Å²) in [6.07, 6.45) is 10.4. The predicted octanol–water partition coefficient (Wildman–Crippen LogP) is 3.17. The number of carbonyl (C=O) groups excluding carboxylic acids is 1. The highest BCUT2D eigenvalue weighted by Crippen LogP contribution is 2.22. The van der Waals surface area contributed by atoms with E-state index in [1.54, 1.807) is 6.08 Å². The smallest absolute Gasteiger partial charge is 0.236 e. The van der Waals surface area contributed by atoms with Crippen molar-refractivity contribution < 1.29 is 13.2 Å². The predicted molar refractivity (Wildman–Crippen MR) is 108 cm³/mol. The van der Waals surface area contributed by atoms with Gasteiger partial charge in [-0.25, -0.2) is 8.42 Å². The number of piperidine rings is 1. The summed E-state index contributed by atoms with van der Waals surface area (Å²) in [6, 6.07) is 9.38. The van der Waals surface area contributed by atoms with E-state index in [-0.39, 0.29) is 11.8 Å². The SMILES string of the molecule is O=C(NCC1CC=CCC1)C1CCN(S(=O)(=O)/C=C/c2ccccc2)CC1. The fraction of sp³-hybridized carbons (Fsp3) is 0.476. The van der Waals surface area contributed by atoms with Crippen molar-refractivity contribution in [3.05, 3.63) is 53.5 Å². The van der Waals surface area contributed by atoms with E-state index in [9.17, 15) is 13.2 Å². The van der Waals surface area contributed by atoms with Gasteiger partial charge in [-0.05, 0) is 49.7 Å². The average molecular weight is 389 g/mol. The van der Waals surface area contributed by atoms with Crippen LogP contribution in [-0.4, -0.2) is 38.3 Å². The van der Waals surface area contributed by atoms with Gasteiger partial charge in [-0.3, -0.25) is 4.79 Å². The van der Waals surface area contributed by atoms with E-state index in [4.69, 9.17) is 0 Å². The topological polar surface area (TPSA) is 66.5 Å². The molecule has 1 aromatic rings. The lowest BCUT2D eigenvalue weighted by molar-refractivity contribution is -0.126. The molecule has 1 heterocycles. The van der Waals surface area contributed by atoms with Crippen LogP contribution in [0.5, 0.6) is 0 Å². The van der Waals surface area contributed by atoms with E-state index in [1.807, 2.05) is 30.3 Å². The molecule has 1 atom stereocenters. The first-order valence-corrected chi connectivity index (χ1v) is 11.2. The summed E-state index contributed by atoms with van der Waals surface area (Å²) in [4.78, 5) is 12.4. The standard InChI is InChI=1S/C21H28N2O3S/c24-21(22-17-19-9-5-2-6-10-19)20-11-14-23(15-12-20)27(25,26)16-13-18-7-3-1-4-8-18/h1-5,7-8,13,16,19-20H,6,9-12,14-15,17H2,(H,22,24)/b16-13+. The third-order valence-electron chi connectivity index (χ3n) is 5.36. The Hall–Kier alpha value is -1.92. The molecule has 2 aliphatic rings. The molecule has 5 nitrogen and oxygen atoms in total. The van der Waals surface area contributed by atoms with E-state index >= 15 is 0 Å². The number of sulfonamides is 1. The zero-order valence-corrected chi connectivity index (χ0v) is 16.4. The molecule has 0 saturated carbocycles. The van der Waals surface area contributed by atoms with Crippen LogP contribution in [0.1, 0.15) is 37.7 Å². The fourth-order valence-corrected chi connectivity index (χ4v) is 4.84. The number of hydrogen-bond donors (Lipinski definition) is 1. The molecule has 27 heavy (non-hydrogen) atoms. The van der Waals surface area contributed by atoms with Gasteiger partial charge in [0.05, 0.1) is 0 Å². The number of hydrogen-bond acceptors (Lipinski definition) is 3. The van der Waals surface area contributed by atoms with Crippen molar-refractivity contribution in [1.29, 1.82) is 0 Å². The highest BCUT2D eigenvalue weighted by Gasteiger charge is 2.30. The minimum absolute atomic E-state index is 0.0708. The molecule has 0 aromatic heterocycles. The summed E-state index contributed by atoms with van der Waals surface area (Å²) in [5.41, 5.74) is 0.855. The summed E-state index contributed by atoms with van der Waals surface area (Å²) < 4.78 is 26.5. The van der Waals surface area contributed by atoms with Crippen LogP contribution >= 0.6 is 0 Å². The normalized spacial score (nSPS) is 22.1. The Morgan fingerprint density at radius 2 is 1.85 bits per heavy atom. The first kappa shape index (κ1) is 19.8. The van der Waals surface area contributed by atoms with E-state index in [1.165, 1.54) is 9.71 Å². The largest absolute Gasteiger partial charge is 0.356 e. The molecule has 0 radical (unpaired) electrons. The minimum Gasteiger partial charge on any atom is -0.356 e. The van der Waals surface area contributed by atoms with Gasteiger partial charge in [0.1, 0.15) is 0 Å². The monoisotopic (exact) mass is 388 g/mol. The Balaban J connectivity index is 1.46. The highest BCUT2D eigenvalue weighted by atomic mass is 32.2. The molecule has 6 heteroatoms. The van der Waals surface area contributed by atoms with Crippen LogP contribution in [0.3, 0.4) is 0 Å². The lowest BCUT2D eigenvalue weighted by atomic mass is 9.93. The molecule has 1 unspecified atom stereocenters. The number of allylic oxidation sites excluding steroid dienone is 2. The van der Waals surface area contributed by atoms with Crippen LogP contribution in [-0.2, 0) is 14.8 Å². The van der Waals surface area contributed by atoms with E-state index in [2.05, 4.69) is 17.5 Å². The fourth-order valence-electron chi connectivity index (χ4n) is 3.62. The summed E-state index contributed by atoms with van der Waals surface area (Å²) >= 11 is 0. The Bertz CT molecular complexity index is 779. The lowest BCUT2D eigenvalue weighted by Gasteiger charge is -2.30. The van der Waals surface area contributed by atoms with Crippen molar-refractivity contribution in [1.82, 2.24) is 9.62 Å². The van der Waals surface area contributed by atoms with Crippen LogP contribution in [0, 0.1) is 11.8 Å². The van der Waals surface area contributed by atoms with Gasteiger partial charge >= 0.3 is 0 Å². The maximum atomic E-state index is 12.5. The van der Waals surface area contributed by atoms with E-state index in [0.717, 1.165) is 31.4 Å². The van der Waals surface area contributed by atoms with Gasteiger partial charge in [-0.15, -0.1) is 0 Å². The molecule has 0 spiro atoms. The Morgan fingerprint density at radius 1 is 1.11 bits per heavy atom. The molecule has 1 amide bonds. The van der Waals surface area contributed by atoms with Crippen molar-refractivity contribution in [3.63, 3.8) is 0 Å². The van der Waals surface area contributed by atoms with Gasteiger partial charge in [0.15, 0.2) is 0 Å². The van der Waals surface area contributed by atoms with E-state index < -0.39 is 10.0 Å². The van der Waals surface area contributed by atoms with Crippen LogP contribution in [0.25, 0.3) is 6.08 Å². The van der Waals surface area contributed by atoms with Crippen molar-refractivity contribution in [2.45, 2.75) is 32.1 Å². The van der Waals surface area contributed by atoms with Gasteiger partial charge in [0.2, 0.25) is 15.9 Å². The first-order chi connectivity index (χ1) is 13.0. The number of carbonyl (C=O) groups is 1. The van der Waals surface area contributed by atoms with E-state index in [0.29, 0.717) is 31.8 Å². The molecule has 0 bridgehead atoms. The third-order valence-corrected chi connectivity index (χ3v) is 6.92. The molecular weight excluding hydrogens is 360 g/mol. The number of nitrogens with zero attached hydrogens (tertiary/aromatic N) is 1. The minimum atomic E-state index is -3.45. The quantitative estimate of drug-likeness (QED) is 0.761. The van der Waals surface area contributed by atoms with Crippen molar-refractivity contribution in [2.75, 3.05) is 19.6 Å². The molecule has 1 fully saturated rings. The van der Waals surface area contributed by atoms with Crippen LogP contribution < -0.4 is 5.32 Å². The second kappa shape index (κ2) is 9.33. The molecule has 1 N–H and O–H groups in total. The molecular formula is C21H28N2O3S. The number of benzene rings is 1. The summed E-state index contributed by atoms with van der Waals surface area (Å²) in [5, 5.41) is 4.33. The highest BCUT2D eigenvalue weighted by molar-refractivity contribution is 7.92.